The molecule has 1 unspecified atom stereocenters. The quantitative estimate of drug-likeness (QED) is 0.806. The van der Waals surface area contributed by atoms with Crippen molar-refractivity contribution < 1.29 is 9.53 Å². The van der Waals surface area contributed by atoms with Crippen LogP contribution in [-0.4, -0.2) is 18.6 Å². The molecule has 1 rings (SSSR count). The van der Waals surface area contributed by atoms with E-state index in [-0.39, 0.29) is 17.9 Å². The smallest absolute Gasteiger partial charge is 0.237 e. The van der Waals surface area contributed by atoms with Gasteiger partial charge in [-0.3, -0.25) is 4.79 Å². The monoisotopic (exact) mass is 278 g/mol. The van der Waals surface area contributed by atoms with Gasteiger partial charge in [0.25, 0.3) is 0 Å². The van der Waals surface area contributed by atoms with Crippen LogP contribution in [0.15, 0.2) is 24.3 Å². The fraction of sp³-hybridized carbons (Fsp3) is 0.562. The second-order valence-electron chi connectivity index (χ2n) is 5.14. The zero-order valence-corrected chi connectivity index (χ0v) is 12.8. The number of ether oxygens (including phenoxy) is 1. The summed E-state index contributed by atoms with van der Waals surface area (Å²) in [6.07, 6.45) is 0.895. The highest BCUT2D eigenvalue weighted by Gasteiger charge is 2.21. The second kappa shape index (κ2) is 7.90. The number of hydrogen-bond acceptors (Lipinski definition) is 3. The molecule has 0 aliphatic rings. The van der Waals surface area contributed by atoms with E-state index in [2.05, 4.69) is 5.32 Å². The van der Waals surface area contributed by atoms with Crippen molar-refractivity contribution in [2.24, 2.45) is 11.7 Å². The molecule has 0 saturated carbocycles. The zero-order chi connectivity index (χ0) is 15.1. The Morgan fingerprint density at radius 2 is 1.85 bits per heavy atom. The first-order valence-electron chi connectivity index (χ1n) is 7.28. The Morgan fingerprint density at radius 3 is 2.35 bits per heavy atom. The number of nitrogens with two attached hydrogens (primary N) is 1. The number of nitrogens with one attached hydrogen (secondary N) is 1. The molecule has 4 heteroatoms. The summed E-state index contributed by atoms with van der Waals surface area (Å²) in [5.41, 5.74) is 6.97. The van der Waals surface area contributed by atoms with Crippen LogP contribution in [0.4, 0.5) is 0 Å². The van der Waals surface area contributed by atoms with E-state index in [1.807, 2.05) is 52.0 Å². The van der Waals surface area contributed by atoms with E-state index in [1.54, 1.807) is 0 Å². The minimum Gasteiger partial charge on any atom is -0.494 e. The maximum Gasteiger partial charge on any atom is 0.237 e. The van der Waals surface area contributed by atoms with Gasteiger partial charge in [0.1, 0.15) is 5.75 Å². The first kappa shape index (κ1) is 16.5. The maximum atomic E-state index is 12.0. The van der Waals surface area contributed by atoms with E-state index < -0.39 is 6.04 Å². The third-order valence-corrected chi connectivity index (χ3v) is 3.61. The van der Waals surface area contributed by atoms with Gasteiger partial charge >= 0.3 is 0 Å². The van der Waals surface area contributed by atoms with Crippen LogP contribution < -0.4 is 15.8 Å². The van der Waals surface area contributed by atoms with Crippen molar-refractivity contribution in [2.45, 2.75) is 46.2 Å². The summed E-state index contributed by atoms with van der Waals surface area (Å²) in [5, 5.41) is 2.96. The molecule has 0 aromatic heterocycles. The van der Waals surface area contributed by atoms with E-state index in [0.29, 0.717) is 6.61 Å². The Kier molecular flexibility index (Phi) is 6.52. The van der Waals surface area contributed by atoms with Gasteiger partial charge in [0.05, 0.1) is 18.7 Å². The first-order chi connectivity index (χ1) is 9.49. The average molecular weight is 278 g/mol. The molecule has 0 fully saturated rings. The highest BCUT2D eigenvalue weighted by Crippen LogP contribution is 2.18. The molecule has 0 radical (unpaired) electrons. The van der Waals surface area contributed by atoms with Gasteiger partial charge in [0, 0.05) is 0 Å². The van der Waals surface area contributed by atoms with E-state index in [9.17, 15) is 4.79 Å². The largest absolute Gasteiger partial charge is 0.494 e. The Labute approximate surface area is 121 Å². The van der Waals surface area contributed by atoms with E-state index in [0.717, 1.165) is 17.7 Å². The summed E-state index contributed by atoms with van der Waals surface area (Å²) in [6.45, 7) is 8.58. The summed E-state index contributed by atoms with van der Waals surface area (Å²) in [5.74, 6) is 0.925. The van der Waals surface area contributed by atoms with Gasteiger partial charge < -0.3 is 15.8 Å². The Balaban J connectivity index is 2.61. The highest BCUT2D eigenvalue weighted by molar-refractivity contribution is 5.82. The summed E-state index contributed by atoms with van der Waals surface area (Å²) in [7, 11) is 0. The van der Waals surface area contributed by atoms with Crippen LogP contribution in [-0.2, 0) is 4.79 Å². The molecule has 0 aliphatic heterocycles. The lowest BCUT2D eigenvalue weighted by Gasteiger charge is -2.21. The Bertz CT molecular complexity index is 417. The van der Waals surface area contributed by atoms with Crippen LogP contribution >= 0.6 is 0 Å². The van der Waals surface area contributed by atoms with Gasteiger partial charge in [-0.05, 0) is 37.5 Å². The summed E-state index contributed by atoms with van der Waals surface area (Å²) in [4.78, 5) is 12.0. The second-order valence-corrected chi connectivity index (χ2v) is 5.14. The standard InChI is InChI=1S/C16H26N2O2/c1-5-11(3)15(17)16(19)18-12(4)13-7-9-14(10-8-13)20-6-2/h7-12,15H,5-6,17H2,1-4H3,(H,18,19)/t11-,12?,15-/m0/s1. The van der Waals surface area contributed by atoms with Crippen molar-refractivity contribution in [3.8, 4) is 5.75 Å². The lowest BCUT2D eigenvalue weighted by Crippen LogP contribution is -2.45. The van der Waals surface area contributed by atoms with Crippen LogP contribution in [0.1, 0.15) is 45.7 Å². The predicted molar refractivity (Wildman–Crippen MR) is 81.6 cm³/mol. The van der Waals surface area contributed by atoms with Gasteiger partial charge in [0.2, 0.25) is 5.91 Å². The van der Waals surface area contributed by atoms with Crippen LogP contribution in [0, 0.1) is 5.92 Å². The fourth-order valence-corrected chi connectivity index (χ4v) is 1.92. The minimum absolute atomic E-state index is 0.0618. The molecule has 20 heavy (non-hydrogen) atoms. The number of carbonyl (C=O) groups is 1. The molecular weight excluding hydrogens is 252 g/mol. The van der Waals surface area contributed by atoms with Crippen LogP contribution in [0.3, 0.4) is 0 Å². The maximum absolute atomic E-state index is 12.0. The summed E-state index contributed by atoms with van der Waals surface area (Å²) >= 11 is 0. The van der Waals surface area contributed by atoms with Crippen molar-refractivity contribution in [1.29, 1.82) is 0 Å². The molecular formula is C16H26N2O2. The summed E-state index contributed by atoms with van der Waals surface area (Å²) in [6, 6.07) is 7.24. The van der Waals surface area contributed by atoms with Crippen LogP contribution in [0.25, 0.3) is 0 Å². The number of rotatable bonds is 7. The third kappa shape index (κ3) is 4.53. The molecule has 0 aliphatic carbocycles. The van der Waals surface area contributed by atoms with Crippen molar-refractivity contribution in [3.63, 3.8) is 0 Å². The molecule has 1 aromatic carbocycles. The number of carbonyl (C=O) groups excluding carboxylic acids is 1. The minimum atomic E-state index is -0.454. The molecule has 0 saturated heterocycles. The van der Waals surface area contributed by atoms with Crippen molar-refractivity contribution >= 4 is 5.91 Å². The summed E-state index contributed by atoms with van der Waals surface area (Å²) < 4.78 is 5.40. The van der Waals surface area contributed by atoms with E-state index in [4.69, 9.17) is 10.5 Å². The third-order valence-electron chi connectivity index (χ3n) is 3.61. The van der Waals surface area contributed by atoms with Crippen molar-refractivity contribution in [1.82, 2.24) is 5.32 Å². The van der Waals surface area contributed by atoms with Gasteiger partial charge in [-0.1, -0.05) is 32.4 Å². The lowest BCUT2D eigenvalue weighted by atomic mass is 9.98. The predicted octanol–water partition coefficient (Wildman–Crippen LogP) is 2.64. The Hall–Kier alpha value is -1.55. The van der Waals surface area contributed by atoms with Gasteiger partial charge in [0.15, 0.2) is 0 Å². The number of amides is 1. The van der Waals surface area contributed by atoms with Crippen molar-refractivity contribution in [2.75, 3.05) is 6.61 Å². The average Bonchev–Trinajstić information content (AvgIpc) is 2.46. The van der Waals surface area contributed by atoms with E-state index >= 15 is 0 Å². The number of hydrogen-bond donors (Lipinski definition) is 2. The van der Waals surface area contributed by atoms with Gasteiger partial charge in [-0.2, -0.15) is 0 Å². The van der Waals surface area contributed by atoms with Crippen molar-refractivity contribution in [3.05, 3.63) is 29.8 Å². The molecule has 112 valence electrons. The molecule has 3 atom stereocenters. The molecule has 0 spiro atoms. The highest BCUT2D eigenvalue weighted by atomic mass is 16.5. The van der Waals surface area contributed by atoms with Crippen LogP contribution in [0.2, 0.25) is 0 Å². The van der Waals surface area contributed by atoms with Gasteiger partial charge in [-0.25, -0.2) is 0 Å². The molecule has 1 aromatic rings. The normalized spacial score (nSPS) is 15.2. The van der Waals surface area contributed by atoms with E-state index in [1.165, 1.54) is 0 Å². The first-order valence-corrected chi connectivity index (χ1v) is 7.28. The fourth-order valence-electron chi connectivity index (χ4n) is 1.92. The molecule has 0 heterocycles. The zero-order valence-electron chi connectivity index (χ0n) is 12.8. The molecule has 0 bridgehead atoms. The van der Waals surface area contributed by atoms with Crippen LogP contribution in [0.5, 0.6) is 5.75 Å². The van der Waals surface area contributed by atoms with Gasteiger partial charge in [-0.15, -0.1) is 0 Å². The molecule has 4 nitrogen and oxygen atoms in total. The SMILES string of the molecule is CCOc1ccc(C(C)NC(=O)[C@@H](N)[C@@H](C)CC)cc1. The molecule has 3 N–H and O–H groups in total. The lowest BCUT2D eigenvalue weighted by molar-refractivity contribution is -0.124. The topological polar surface area (TPSA) is 64.3 Å². The Morgan fingerprint density at radius 1 is 1.25 bits per heavy atom. The number of benzene rings is 1. The molecule has 1 amide bonds.